The van der Waals surface area contributed by atoms with Crippen molar-refractivity contribution < 1.29 is 9.59 Å². The van der Waals surface area contributed by atoms with Gasteiger partial charge in [-0.05, 0) is 46.7 Å². The second-order valence-corrected chi connectivity index (χ2v) is 9.30. The molecule has 1 aliphatic rings. The zero-order valence-electron chi connectivity index (χ0n) is 17.9. The molecular formula is C28H18N2O3S. The number of carbonyl (C=O) groups is 2. The molecule has 4 aromatic carbocycles. The maximum absolute atomic E-state index is 13.4. The Hall–Kier alpha value is -4.03. The van der Waals surface area contributed by atoms with E-state index in [4.69, 9.17) is 0 Å². The predicted octanol–water partition coefficient (Wildman–Crippen LogP) is 5.53. The zero-order valence-corrected chi connectivity index (χ0v) is 18.8. The van der Waals surface area contributed by atoms with Gasteiger partial charge in [0.25, 0.3) is 5.56 Å². The summed E-state index contributed by atoms with van der Waals surface area (Å²) in [5.74, 6) is -0.901. The average molecular weight is 463 g/mol. The summed E-state index contributed by atoms with van der Waals surface area (Å²) in [7, 11) is 0. The van der Waals surface area contributed by atoms with Gasteiger partial charge in [0.15, 0.2) is 11.6 Å². The van der Waals surface area contributed by atoms with Gasteiger partial charge in [-0.3, -0.25) is 14.4 Å². The topological polar surface area (TPSA) is 79.9 Å². The molecule has 0 bridgehead atoms. The number of carbonyl (C=O) groups excluding carboxylic acids is 2. The number of para-hydroxylation sites is 1. The Morgan fingerprint density at radius 1 is 0.765 bits per heavy atom. The van der Waals surface area contributed by atoms with Gasteiger partial charge in [-0.1, -0.05) is 54.6 Å². The molecule has 1 unspecified atom stereocenters. The largest absolute Gasteiger partial charge is 0.309 e. The van der Waals surface area contributed by atoms with Gasteiger partial charge >= 0.3 is 0 Å². The first-order chi connectivity index (χ1) is 16.6. The van der Waals surface area contributed by atoms with Crippen LogP contribution in [-0.2, 0) is 5.75 Å². The van der Waals surface area contributed by atoms with Gasteiger partial charge < -0.3 is 4.98 Å². The number of hydrogen-bond donors (Lipinski definition) is 1. The van der Waals surface area contributed by atoms with E-state index in [9.17, 15) is 14.4 Å². The molecule has 1 N–H and O–H groups in total. The van der Waals surface area contributed by atoms with E-state index in [-0.39, 0.29) is 23.0 Å². The van der Waals surface area contributed by atoms with Crippen molar-refractivity contribution in [2.24, 2.45) is 0 Å². The molecule has 1 heterocycles. The fourth-order valence-electron chi connectivity index (χ4n) is 4.49. The number of aromatic amines is 1. The van der Waals surface area contributed by atoms with Crippen LogP contribution in [0.4, 0.5) is 0 Å². The minimum atomic E-state index is -1.13. The van der Waals surface area contributed by atoms with Gasteiger partial charge in [-0.15, -0.1) is 11.8 Å². The Kier molecular flexibility index (Phi) is 4.89. The van der Waals surface area contributed by atoms with E-state index in [1.54, 1.807) is 42.1 Å². The SMILES string of the molecule is O=C1c2cc3cccc(SCc4ccccc4)c3cc2C(=O)C1c1nc2ccccc2c(=O)[nH]1. The molecular weight excluding hydrogens is 444 g/mol. The fraction of sp³-hybridized carbons (Fsp3) is 0.0714. The van der Waals surface area contributed by atoms with E-state index in [2.05, 4.69) is 22.1 Å². The maximum Gasteiger partial charge on any atom is 0.258 e. The number of Topliss-reactive ketones (excluding diaryl/α,β-unsaturated/α-hetero) is 2. The van der Waals surface area contributed by atoms with Gasteiger partial charge in [0, 0.05) is 21.8 Å². The van der Waals surface area contributed by atoms with E-state index in [1.165, 1.54) is 5.56 Å². The third kappa shape index (κ3) is 3.35. The number of thioether (sulfide) groups is 1. The van der Waals surface area contributed by atoms with Crippen LogP contribution in [0.15, 0.2) is 94.6 Å². The summed E-state index contributed by atoms with van der Waals surface area (Å²) in [5, 5.41) is 2.26. The van der Waals surface area contributed by atoms with Crippen molar-refractivity contribution in [2.75, 3.05) is 0 Å². The third-order valence-electron chi connectivity index (χ3n) is 6.18. The van der Waals surface area contributed by atoms with Gasteiger partial charge in [0.2, 0.25) is 0 Å². The van der Waals surface area contributed by atoms with Gasteiger partial charge in [0.05, 0.1) is 10.9 Å². The number of nitrogens with one attached hydrogen (secondary N) is 1. The van der Waals surface area contributed by atoms with Crippen LogP contribution in [0.3, 0.4) is 0 Å². The molecule has 1 aromatic heterocycles. The number of nitrogens with zero attached hydrogens (tertiary/aromatic N) is 1. The summed E-state index contributed by atoms with van der Waals surface area (Å²) >= 11 is 1.69. The van der Waals surface area contributed by atoms with E-state index >= 15 is 0 Å². The van der Waals surface area contributed by atoms with Crippen LogP contribution in [-0.4, -0.2) is 21.5 Å². The van der Waals surface area contributed by atoms with Crippen LogP contribution >= 0.6 is 11.8 Å². The highest BCUT2D eigenvalue weighted by Crippen LogP contribution is 2.38. The second-order valence-electron chi connectivity index (χ2n) is 8.28. The molecule has 0 spiro atoms. The summed E-state index contributed by atoms with van der Waals surface area (Å²) in [5.41, 5.74) is 2.07. The number of H-pyrrole nitrogens is 1. The predicted molar refractivity (Wildman–Crippen MR) is 134 cm³/mol. The lowest BCUT2D eigenvalue weighted by Crippen LogP contribution is -2.21. The van der Waals surface area contributed by atoms with Crippen molar-refractivity contribution in [3.63, 3.8) is 0 Å². The fourth-order valence-corrected chi connectivity index (χ4v) is 5.51. The Morgan fingerprint density at radius 2 is 1.50 bits per heavy atom. The highest BCUT2D eigenvalue weighted by molar-refractivity contribution is 7.98. The Labute approximate surface area is 198 Å². The van der Waals surface area contributed by atoms with Crippen molar-refractivity contribution in [3.8, 4) is 0 Å². The number of ketones is 2. The number of rotatable bonds is 4. The summed E-state index contributed by atoms with van der Waals surface area (Å²) < 4.78 is 0. The van der Waals surface area contributed by atoms with Gasteiger partial charge in [-0.2, -0.15) is 0 Å². The van der Waals surface area contributed by atoms with Crippen LogP contribution in [0.25, 0.3) is 21.7 Å². The van der Waals surface area contributed by atoms with Crippen molar-refractivity contribution in [1.82, 2.24) is 9.97 Å². The van der Waals surface area contributed by atoms with Crippen molar-refractivity contribution in [3.05, 3.63) is 118 Å². The minimum Gasteiger partial charge on any atom is -0.309 e. The number of benzene rings is 4. The maximum atomic E-state index is 13.4. The molecule has 0 aliphatic heterocycles. The molecule has 6 heteroatoms. The van der Waals surface area contributed by atoms with Crippen LogP contribution in [0, 0.1) is 0 Å². The lowest BCUT2D eigenvalue weighted by Gasteiger charge is -2.08. The molecule has 5 nitrogen and oxygen atoms in total. The van der Waals surface area contributed by atoms with Crippen LogP contribution < -0.4 is 5.56 Å². The molecule has 1 atom stereocenters. The smallest absolute Gasteiger partial charge is 0.258 e. The molecule has 0 amide bonds. The summed E-state index contributed by atoms with van der Waals surface area (Å²) in [6.45, 7) is 0. The highest BCUT2D eigenvalue weighted by atomic mass is 32.2. The van der Waals surface area contributed by atoms with Gasteiger partial charge in [0.1, 0.15) is 11.7 Å². The molecule has 1 aliphatic carbocycles. The first-order valence-corrected chi connectivity index (χ1v) is 11.9. The first-order valence-electron chi connectivity index (χ1n) is 10.9. The average Bonchev–Trinajstić information content (AvgIpc) is 3.11. The third-order valence-corrected chi connectivity index (χ3v) is 7.32. The number of aromatic nitrogens is 2. The summed E-state index contributed by atoms with van der Waals surface area (Å²) in [4.78, 5) is 47.4. The van der Waals surface area contributed by atoms with E-state index in [1.807, 2.05) is 42.5 Å². The van der Waals surface area contributed by atoms with Crippen LogP contribution in [0.2, 0.25) is 0 Å². The number of hydrogen-bond acceptors (Lipinski definition) is 5. The normalized spacial score (nSPS) is 15.2. The van der Waals surface area contributed by atoms with Crippen LogP contribution in [0.1, 0.15) is 38.0 Å². The molecule has 0 fully saturated rings. The monoisotopic (exact) mass is 462 g/mol. The quantitative estimate of drug-likeness (QED) is 0.281. The molecule has 0 radical (unpaired) electrons. The molecule has 164 valence electrons. The minimum absolute atomic E-state index is 0.0950. The summed E-state index contributed by atoms with van der Waals surface area (Å²) in [6.07, 6.45) is 0. The zero-order chi connectivity index (χ0) is 23.2. The molecule has 0 saturated carbocycles. The van der Waals surface area contributed by atoms with Crippen molar-refractivity contribution in [2.45, 2.75) is 16.6 Å². The first kappa shape index (κ1) is 20.6. The highest BCUT2D eigenvalue weighted by Gasteiger charge is 2.41. The Morgan fingerprint density at radius 3 is 2.32 bits per heavy atom. The van der Waals surface area contributed by atoms with E-state index in [0.29, 0.717) is 22.0 Å². The molecule has 5 aromatic rings. The Balaban J connectivity index is 1.41. The Bertz CT molecular complexity index is 1670. The van der Waals surface area contributed by atoms with Crippen molar-refractivity contribution >= 4 is 45.0 Å². The van der Waals surface area contributed by atoms with Crippen LogP contribution in [0.5, 0.6) is 0 Å². The summed E-state index contributed by atoms with van der Waals surface area (Å²) in [6, 6.07) is 26.6. The lowest BCUT2D eigenvalue weighted by molar-refractivity contribution is 0.0885. The van der Waals surface area contributed by atoms with Gasteiger partial charge in [-0.25, -0.2) is 4.98 Å². The van der Waals surface area contributed by atoms with E-state index in [0.717, 1.165) is 21.4 Å². The van der Waals surface area contributed by atoms with E-state index < -0.39 is 5.92 Å². The second kappa shape index (κ2) is 8.08. The lowest BCUT2D eigenvalue weighted by atomic mass is 10.0. The standard InChI is InChI=1S/C28H18N2O3S/c31-25-20-13-17-9-6-12-23(34-15-16-7-2-1-3-8-16)19(17)14-21(20)26(32)24(25)27-29-22-11-5-4-10-18(22)28(33)30-27/h1-14,24H,15H2,(H,29,30,33). The molecule has 34 heavy (non-hydrogen) atoms. The molecule has 6 rings (SSSR count). The van der Waals surface area contributed by atoms with Crippen molar-refractivity contribution in [1.29, 1.82) is 0 Å². The molecule has 0 saturated heterocycles. The number of fused-ring (bicyclic) bond motifs is 3.